The summed E-state index contributed by atoms with van der Waals surface area (Å²) in [6.45, 7) is 4.63. The minimum Gasteiger partial charge on any atom is -0.310 e. The number of halogens is 2. The summed E-state index contributed by atoms with van der Waals surface area (Å²) in [5.74, 6) is -0.115. The van der Waals surface area contributed by atoms with Crippen LogP contribution in [-0.2, 0) is 6.42 Å². The Labute approximate surface area is 122 Å². The van der Waals surface area contributed by atoms with Gasteiger partial charge in [-0.1, -0.05) is 36.7 Å². The van der Waals surface area contributed by atoms with Crippen LogP contribution in [0, 0.1) is 12.7 Å². The Kier molecular flexibility index (Phi) is 4.97. The van der Waals surface area contributed by atoms with E-state index in [4.69, 9.17) is 11.6 Å². The molecule has 0 bridgehead atoms. The van der Waals surface area contributed by atoms with Crippen LogP contribution in [0.1, 0.15) is 29.0 Å². The van der Waals surface area contributed by atoms with Gasteiger partial charge in [-0.15, -0.1) is 11.3 Å². The van der Waals surface area contributed by atoms with Crippen molar-refractivity contribution in [2.45, 2.75) is 26.3 Å². The van der Waals surface area contributed by atoms with Gasteiger partial charge in [-0.25, -0.2) is 4.39 Å². The number of thiophene rings is 1. The van der Waals surface area contributed by atoms with Crippen molar-refractivity contribution < 1.29 is 4.39 Å². The smallest absolute Gasteiger partial charge is 0.130 e. The maximum absolute atomic E-state index is 14.2. The zero-order chi connectivity index (χ0) is 13.8. The zero-order valence-electron chi connectivity index (χ0n) is 11.0. The predicted molar refractivity (Wildman–Crippen MR) is 80.6 cm³/mol. The minimum atomic E-state index is -0.115. The van der Waals surface area contributed by atoms with E-state index in [-0.39, 0.29) is 11.9 Å². The number of likely N-dealkylation sites (N-methyl/N-ethyl adjacent to an activating group) is 1. The lowest BCUT2D eigenvalue weighted by molar-refractivity contribution is 0.509. The van der Waals surface area contributed by atoms with Crippen molar-refractivity contribution in [2.75, 3.05) is 6.54 Å². The first-order chi connectivity index (χ1) is 9.11. The van der Waals surface area contributed by atoms with Crippen molar-refractivity contribution >= 4 is 22.9 Å². The molecule has 2 rings (SSSR count). The lowest BCUT2D eigenvalue weighted by Crippen LogP contribution is -2.23. The Bertz CT molecular complexity index is 553. The van der Waals surface area contributed by atoms with Gasteiger partial charge < -0.3 is 5.32 Å². The molecule has 2 aromatic rings. The van der Waals surface area contributed by atoms with Crippen LogP contribution in [0.25, 0.3) is 0 Å². The van der Waals surface area contributed by atoms with Crippen LogP contribution in [0.2, 0.25) is 4.34 Å². The highest BCUT2D eigenvalue weighted by molar-refractivity contribution is 7.16. The average Bonchev–Trinajstić information content (AvgIpc) is 2.78. The Balaban J connectivity index is 2.26. The van der Waals surface area contributed by atoms with Gasteiger partial charge in [-0.05, 0) is 31.2 Å². The van der Waals surface area contributed by atoms with Gasteiger partial charge in [0.05, 0.1) is 4.34 Å². The van der Waals surface area contributed by atoms with E-state index in [2.05, 4.69) is 5.32 Å². The monoisotopic (exact) mass is 297 g/mol. The standard InChI is InChI=1S/C15H17ClFNS/c1-3-18-13(9-11-7-8-14(16)19-11)12-6-4-5-10(2)15(12)17/h4-8,13,18H,3,9H2,1-2H3. The molecule has 102 valence electrons. The highest BCUT2D eigenvalue weighted by atomic mass is 35.5. The second-order valence-electron chi connectivity index (χ2n) is 4.50. The molecule has 1 N–H and O–H groups in total. The van der Waals surface area contributed by atoms with Crippen LogP contribution >= 0.6 is 22.9 Å². The Morgan fingerprint density at radius 3 is 2.74 bits per heavy atom. The van der Waals surface area contributed by atoms with Gasteiger partial charge in [0, 0.05) is 22.9 Å². The quantitative estimate of drug-likeness (QED) is 0.840. The Morgan fingerprint density at radius 2 is 2.11 bits per heavy atom. The van der Waals surface area contributed by atoms with Gasteiger partial charge in [0.1, 0.15) is 5.82 Å². The minimum absolute atomic E-state index is 0.0142. The van der Waals surface area contributed by atoms with E-state index in [1.165, 1.54) is 0 Å². The van der Waals surface area contributed by atoms with Crippen molar-refractivity contribution in [3.63, 3.8) is 0 Å². The van der Waals surface area contributed by atoms with Gasteiger partial charge in [0.2, 0.25) is 0 Å². The third-order valence-corrected chi connectivity index (χ3v) is 4.34. The predicted octanol–water partition coefficient (Wildman–Crippen LogP) is 4.74. The van der Waals surface area contributed by atoms with Crippen LogP contribution < -0.4 is 5.32 Å². The summed E-state index contributed by atoms with van der Waals surface area (Å²) in [6.07, 6.45) is 0.756. The maximum atomic E-state index is 14.2. The molecule has 0 amide bonds. The molecule has 4 heteroatoms. The van der Waals surface area contributed by atoms with Crippen LogP contribution in [0.3, 0.4) is 0 Å². The third-order valence-electron chi connectivity index (χ3n) is 3.08. The molecule has 1 aromatic carbocycles. The summed E-state index contributed by atoms with van der Waals surface area (Å²) < 4.78 is 15.0. The highest BCUT2D eigenvalue weighted by Gasteiger charge is 2.17. The molecule has 0 spiro atoms. The lowest BCUT2D eigenvalue weighted by atomic mass is 10.00. The molecule has 19 heavy (non-hydrogen) atoms. The molecule has 1 heterocycles. The van der Waals surface area contributed by atoms with Crippen LogP contribution in [0.4, 0.5) is 4.39 Å². The Hall–Kier alpha value is -0.900. The summed E-state index contributed by atoms with van der Waals surface area (Å²) >= 11 is 7.50. The first-order valence-electron chi connectivity index (χ1n) is 6.34. The van der Waals surface area contributed by atoms with Crippen molar-refractivity contribution in [1.82, 2.24) is 5.32 Å². The van der Waals surface area contributed by atoms with E-state index in [1.54, 1.807) is 24.3 Å². The summed E-state index contributed by atoms with van der Waals surface area (Å²) in [6, 6.07) is 9.43. The van der Waals surface area contributed by atoms with E-state index < -0.39 is 0 Å². The second kappa shape index (κ2) is 6.51. The van der Waals surface area contributed by atoms with E-state index in [9.17, 15) is 4.39 Å². The molecule has 1 aromatic heterocycles. The van der Waals surface area contributed by atoms with Gasteiger partial charge in [-0.3, -0.25) is 0 Å². The second-order valence-corrected chi connectivity index (χ2v) is 6.30. The molecular weight excluding hydrogens is 281 g/mol. The van der Waals surface area contributed by atoms with Gasteiger partial charge >= 0.3 is 0 Å². The highest BCUT2D eigenvalue weighted by Crippen LogP contribution is 2.28. The van der Waals surface area contributed by atoms with Gasteiger partial charge in [0.25, 0.3) is 0 Å². The number of hydrogen-bond donors (Lipinski definition) is 1. The summed E-state index contributed by atoms with van der Waals surface area (Å²) in [5.41, 5.74) is 1.41. The average molecular weight is 298 g/mol. The first-order valence-corrected chi connectivity index (χ1v) is 7.54. The molecule has 0 aliphatic carbocycles. The topological polar surface area (TPSA) is 12.0 Å². The molecule has 1 unspecified atom stereocenters. The van der Waals surface area contributed by atoms with E-state index in [1.807, 2.05) is 31.2 Å². The molecular formula is C15H17ClFNS. The fraction of sp³-hybridized carbons (Fsp3) is 0.333. The fourth-order valence-corrected chi connectivity index (χ4v) is 3.27. The molecule has 1 nitrogen and oxygen atoms in total. The van der Waals surface area contributed by atoms with Crippen LogP contribution in [0.5, 0.6) is 0 Å². The number of hydrogen-bond acceptors (Lipinski definition) is 2. The third kappa shape index (κ3) is 3.56. The summed E-state index contributed by atoms with van der Waals surface area (Å²) in [5, 5.41) is 3.35. The summed E-state index contributed by atoms with van der Waals surface area (Å²) in [7, 11) is 0. The van der Waals surface area contributed by atoms with Gasteiger partial charge in [0.15, 0.2) is 0 Å². The number of rotatable bonds is 5. The maximum Gasteiger partial charge on any atom is 0.130 e. The number of benzene rings is 1. The van der Waals surface area contributed by atoms with Crippen molar-refractivity contribution in [1.29, 1.82) is 0 Å². The van der Waals surface area contributed by atoms with Crippen molar-refractivity contribution in [3.05, 3.63) is 56.5 Å². The number of aryl methyl sites for hydroxylation is 1. The van der Waals surface area contributed by atoms with E-state index >= 15 is 0 Å². The molecule has 0 saturated carbocycles. The first kappa shape index (κ1) is 14.5. The molecule has 1 atom stereocenters. The molecule has 0 aliphatic heterocycles. The molecule has 0 aliphatic rings. The SMILES string of the molecule is CCNC(Cc1ccc(Cl)s1)c1cccc(C)c1F. The zero-order valence-corrected chi connectivity index (χ0v) is 12.6. The lowest BCUT2D eigenvalue weighted by Gasteiger charge is -2.19. The summed E-state index contributed by atoms with van der Waals surface area (Å²) in [4.78, 5) is 1.16. The van der Waals surface area contributed by atoms with E-state index in [0.29, 0.717) is 5.56 Å². The molecule has 0 radical (unpaired) electrons. The number of nitrogens with one attached hydrogen (secondary N) is 1. The molecule has 0 fully saturated rings. The Morgan fingerprint density at radius 1 is 1.32 bits per heavy atom. The van der Waals surface area contributed by atoms with Crippen molar-refractivity contribution in [2.24, 2.45) is 0 Å². The van der Waals surface area contributed by atoms with E-state index in [0.717, 1.165) is 27.7 Å². The van der Waals surface area contributed by atoms with Gasteiger partial charge in [-0.2, -0.15) is 0 Å². The van der Waals surface area contributed by atoms with Crippen LogP contribution in [-0.4, -0.2) is 6.54 Å². The van der Waals surface area contributed by atoms with Crippen LogP contribution in [0.15, 0.2) is 30.3 Å². The normalized spacial score (nSPS) is 12.6. The largest absolute Gasteiger partial charge is 0.310 e. The van der Waals surface area contributed by atoms with Crippen molar-refractivity contribution in [3.8, 4) is 0 Å². The molecule has 0 saturated heterocycles. The fourth-order valence-electron chi connectivity index (χ4n) is 2.14.